The van der Waals surface area contributed by atoms with Gasteiger partial charge in [-0.3, -0.25) is 4.79 Å². The maximum Gasteiger partial charge on any atom is 0.237 e. The number of likely N-dealkylation sites (N-methyl/N-ethyl adjacent to an activating group) is 1. The Balaban J connectivity index is 1.74. The van der Waals surface area contributed by atoms with E-state index in [4.69, 9.17) is 5.11 Å². The number of sulfonamides is 1. The summed E-state index contributed by atoms with van der Waals surface area (Å²) < 4.78 is 49.4. The van der Waals surface area contributed by atoms with Crippen molar-refractivity contribution in [1.82, 2.24) is 19.4 Å². The number of nitrogens with zero attached hydrogens (tertiary/aromatic N) is 3. The lowest BCUT2D eigenvalue weighted by Crippen LogP contribution is -2.53. The predicted molar refractivity (Wildman–Crippen MR) is 141 cm³/mol. The van der Waals surface area contributed by atoms with Gasteiger partial charge in [-0.05, 0) is 57.0 Å². The number of aliphatic hydroxyl groups is 1. The lowest BCUT2D eigenvalue weighted by Gasteiger charge is -2.34. The molecule has 1 aromatic rings. The number of rotatable bonds is 16. The van der Waals surface area contributed by atoms with Crippen LogP contribution >= 0.6 is 0 Å². The third-order valence-corrected chi connectivity index (χ3v) is 9.48. The quantitative estimate of drug-likeness (QED) is 0.281. The molecule has 1 heterocycles. The highest BCUT2D eigenvalue weighted by atomic mass is 32.2. The second kappa shape index (κ2) is 14.4. The minimum atomic E-state index is -3.50. The lowest BCUT2D eigenvalue weighted by atomic mass is 10.1. The Morgan fingerprint density at radius 2 is 1.78 bits per heavy atom. The van der Waals surface area contributed by atoms with Crippen LogP contribution < -0.4 is 5.32 Å². The molecule has 1 amide bonds. The summed E-state index contributed by atoms with van der Waals surface area (Å²) in [5, 5.41) is 11.6. The molecule has 0 aliphatic carbocycles. The molecule has 0 aromatic heterocycles. The summed E-state index contributed by atoms with van der Waals surface area (Å²) in [6.07, 6.45) is 3.80. The van der Waals surface area contributed by atoms with E-state index in [0.29, 0.717) is 37.1 Å². The van der Waals surface area contributed by atoms with E-state index in [2.05, 4.69) is 24.1 Å². The number of piperazine rings is 1. The van der Waals surface area contributed by atoms with Crippen LogP contribution in [0.3, 0.4) is 0 Å². The zero-order chi connectivity index (χ0) is 26.8. The number of unbranched alkanes of at least 4 members (excludes halogenated alkanes) is 1. The van der Waals surface area contributed by atoms with Crippen LogP contribution in [0.4, 0.5) is 0 Å². The molecule has 1 fully saturated rings. The number of carbonyl (C=O) groups is 1. The Labute approximate surface area is 216 Å². The van der Waals surface area contributed by atoms with Gasteiger partial charge in [-0.25, -0.2) is 16.8 Å². The van der Waals surface area contributed by atoms with E-state index in [1.165, 1.54) is 10.6 Å². The van der Waals surface area contributed by atoms with Gasteiger partial charge >= 0.3 is 0 Å². The van der Waals surface area contributed by atoms with Crippen LogP contribution in [0.5, 0.6) is 0 Å². The fraction of sp³-hybridized carbons (Fsp3) is 0.708. The van der Waals surface area contributed by atoms with Crippen molar-refractivity contribution < 1.29 is 26.7 Å². The van der Waals surface area contributed by atoms with Gasteiger partial charge in [0.1, 0.15) is 0 Å². The molecule has 0 radical (unpaired) electrons. The molecule has 0 spiro atoms. The minimum Gasteiger partial charge on any atom is -0.395 e. The number of amides is 1. The summed E-state index contributed by atoms with van der Waals surface area (Å²) in [6, 6.07) is 7.35. The van der Waals surface area contributed by atoms with E-state index in [9.17, 15) is 21.6 Å². The molecule has 1 aromatic carbocycles. The molecular formula is C24H42N4O6S2. The Morgan fingerprint density at radius 3 is 2.36 bits per heavy atom. The number of carbonyl (C=O) groups excluding carboxylic acids is 1. The highest BCUT2D eigenvalue weighted by Crippen LogP contribution is 2.15. The smallest absolute Gasteiger partial charge is 0.237 e. The highest BCUT2D eigenvalue weighted by Gasteiger charge is 2.31. The average Bonchev–Trinajstić information content (AvgIpc) is 2.82. The van der Waals surface area contributed by atoms with E-state index in [-0.39, 0.29) is 31.4 Å². The van der Waals surface area contributed by atoms with Gasteiger partial charge in [0, 0.05) is 45.0 Å². The predicted octanol–water partition coefficient (Wildman–Crippen LogP) is 0.179. The fourth-order valence-corrected chi connectivity index (χ4v) is 6.30. The third kappa shape index (κ3) is 9.71. The Bertz CT molecular complexity index is 1030. The van der Waals surface area contributed by atoms with Crippen molar-refractivity contribution in [3.63, 3.8) is 0 Å². The van der Waals surface area contributed by atoms with Crippen molar-refractivity contribution >= 4 is 25.8 Å². The Kier molecular flexibility index (Phi) is 12.3. The van der Waals surface area contributed by atoms with Crippen molar-refractivity contribution in [3.8, 4) is 0 Å². The van der Waals surface area contributed by atoms with Gasteiger partial charge in [0.05, 0.1) is 23.8 Å². The second-order valence-corrected chi connectivity index (χ2v) is 13.4. The van der Waals surface area contributed by atoms with Crippen molar-refractivity contribution in [3.05, 3.63) is 29.8 Å². The number of hydrogen-bond donors (Lipinski definition) is 2. The molecule has 12 heteroatoms. The molecular weight excluding hydrogens is 504 g/mol. The molecule has 2 N–H and O–H groups in total. The first kappa shape index (κ1) is 30.7. The monoisotopic (exact) mass is 546 g/mol. The number of sulfone groups is 1. The zero-order valence-electron chi connectivity index (χ0n) is 21.7. The molecule has 10 nitrogen and oxygen atoms in total. The van der Waals surface area contributed by atoms with E-state index in [1.807, 2.05) is 12.1 Å². The minimum absolute atomic E-state index is 0.0484. The fourth-order valence-electron chi connectivity index (χ4n) is 4.35. The molecule has 1 aliphatic heterocycles. The van der Waals surface area contributed by atoms with Gasteiger partial charge in [-0.1, -0.05) is 19.1 Å². The molecule has 206 valence electrons. The Hall–Kier alpha value is -1.57. The molecule has 36 heavy (non-hydrogen) atoms. The third-order valence-electron chi connectivity index (χ3n) is 6.54. The summed E-state index contributed by atoms with van der Waals surface area (Å²) >= 11 is 0. The largest absolute Gasteiger partial charge is 0.395 e. The molecule has 1 atom stereocenters. The number of hydrogen-bond acceptors (Lipinski definition) is 8. The van der Waals surface area contributed by atoms with Crippen LogP contribution in [-0.4, -0.2) is 119 Å². The first-order chi connectivity index (χ1) is 17.0. The van der Waals surface area contributed by atoms with Crippen molar-refractivity contribution in [2.24, 2.45) is 0 Å². The maximum absolute atomic E-state index is 12.5. The summed E-state index contributed by atoms with van der Waals surface area (Å²) in [4.78, 5) is 17.0. The number of aliphatic hydroxyl groups excluding tert-OH is 1. The second-order valence-electron chi connectivity index (χ2n) is 9.31. The van der Waals surface area contributed by atoms with Crippen molar-refractivity contribution in [2.45, 2.75) is 44.0 Å². The Morgan fingerprint density at radius 1 is 1.08 bits per heavy atom. The van der Waals surface area contributed by atoms with Crippen LogP contribution in [0.2, 0.25) is 0 Å². The van der Waals surface area contributed by atoms with Gasteiger partial charge in [0.2, 0.25) is 15.9 Å². The van der Waals surface area contributed by atoms with E-state index >= 15 is 0 Å². The van der Waals surface area contributed by atoms with Crippen LogP contribution in [-0.2, 0) is 31.1 Å². The topological polar surface area (TPSA) is 127 Å². The van der Waals surface area contributed by atoms with Crippen LogP contribution in [0.15, 0.2) is 29.2 Å². The van der Waals surface area contributed by atoms with Crippen LogP contribution in [0.25, 0.3) is 0 Å². The maximum atomic E-state index is 12.5. The standard InChI is InChI=1S/C24H42N4O6S2/c1-4-26(21(2)19-22-7-9-23(10-8-22)35(3,31)32)13-5-6-14-27-15-16-28(20-24(27)30)36(33,34)18-12-25-11-17-29/h7-10,21,25,29H,4-6,11-20H2,1-3H3. The van der Waals surface area contributed by atoms with E-state index < -0.39 is 19.9 Å². The molecule has 1 saturated heterocycles. The van der Waals surface area contributed by atoms with Crippen molar-refractivity contribution in [1.29, 1.82) is 0 Å². The van der Waals surface area contributed by atoms with Gasteiger partial charge in [0.25, 0.3) is 0 Å². The summed E-state index contributed by atoms with van der Waals surface area (Å²) in [5.74, 6) is -0.251. The zero-order valence-corrected chi connectivity index (χ0v) is 23.4. The van der Waals surface area contributed by atoms with Gasteiger partial charge in [-0.15, -0.1) is 0 Å². The first-order valence-electron chi connectivity index (χ1n) is 12.6. The molecule has 1 aliphatic rings. The van der Waals surface area contributed by atoms with Gasteiger partial charge in [0.15, 0.2) is 9.84 Å². The number of nitrogens with one attached hydrogen (secondary N) is 1. The number of benzene rings is 1. The SMILES string of the molecule is CCN(CCCCN1CCN(S(=O)(=O)CCNCCO)CC1=O)C(C)Cc1ccc(S(C)(=O)=O)cc1. The van der Waals surface area contributed by atoms with E-state index in [0.717, 1.165) is 37.9 Å². The van der Waals surface area contributed by atoms with Crippen LogP contribution in [0, 0.1) is 0 Å². The van der Waals surface area contributed by atoms with Gasteiger partial charge < -0.3 is 20.2 Å². The van der Waals surface area contributed by atoms with Crippen LogP contribution in [0.1, 0.15) is 32.3 Å². The average molecular weight is 547 g/mol. The molecule has 1 unspecified atom stereocenters. The summed E-state index contributed by atoms with van der Waals surface area (Å²) in [7, 11) is -6.69. The lowest BCUT2D eigenvalue weighted by molar-refractivity contribution is -0.134. The normalized spacial score (nSPS) is 16.6. The van der Waals surface area contributed by atoms with Crippen molar-refractivity contribution in [2.75, 3.05) is 71.0 Å². The highest BCUT2D eigenvalue weighted by molar-refractivity contribution is 7.90. The summed E-state index contributed by atoms with van der Waals surface area (Å²) in [5.41, 5.74) is 1.09. The molecule has 2 rings (SSSR count). The summed E-state index contributed by atoms with van der Waals surface area (Å²) in [6.45, 7) is 7.82. The first-order valence-corrected chi connectivity index (χ1v) is 16.1. The molecule has 0 bridgehead atoms. The van der Waals surface area contributed by atoms with E-state index in [1.54, 1.807) is 17.0 Å². The van der Waals surface area contributed by atoms with Gasteiger partial charge in [-0.2, -0.15) is 4.31 Å². The molecule has 0 saturated carbocycles.